The van der Waals surface area contributed by atoms with Gasteiger partial charge in [-0.3, -0.25) is 0 Å². The Bertz CT molecular complexity index is 351. The Morgan fingerprint density at radius 3 is 2.94 bits per heavy atom. The van der Waals surface area contributed by atoms with Crippen LogP contribution in [0.2, 0.25) is 0 Å². The topological polar surface area (TPSA) is 54.4 Å². The predicted molar refractivity (Wildman–Crippen MR) is 61.2 cm³/mol. The highest BCUT2D eigenvalue weighted by Gasteiger charge is 2.41. The van der Waals surface area contributed by atoms with E-state index in [0.717, 1.165) is 31.6 Å². The van der Waals surface area contributed by atoms with Crippen molar-refractivity contribution in [3.63, 3.8) is 0 Å². The van der Waals surface area contributed by atoms with E-state index in [1.165, 1.54) is 0 Å². The molecular weight excluding hydrogens is 204 g/mol. The molecule has 1 aromatic heterocycles. The van der Waals surface area contributed by atoms with Crippen LogP contribution in [0.3, 0.4) is 0 Å². The number of aliphatic hydroxyl groups excluding tert-OH is 1. The zero-order valence-electron chi connectivity index (χ0n) is 9.57. The summed E-state index contributed by atoms with van der Waals surface area (Å²) in [6.45, 7) is 1.87. The molecule has 1 saturated carbocycles. The number of ether oxygens (including phenoxy) is 1. The lowest BCUT2D eigenvalue weighted by Crippen LogP contribution is -2.26. The highest BCUT2D eigenvalue weighted by molar-refractivity contribution is 5.15. The molecule has 1 heterocycles. The first-order valence-corrected chi connectivity index (χ1v) is 5.59. The van der Waals surface area contributed by atoms with Gasteiger partial charge in [0.1, 0.15) is 0 Å². The second kappa shape index (κ2) is 4.80. The average Bonchev–Trinajstić information content (AvgIpc) is 3.10. The molecule has 4 heteroatoms. The molecule has 1 aromatic rings. The third kappa shape index (κ3) is 2.71. The van der Waals surface area contributed by atoms with Crippen molar-refractivity contribution in [2.75, 3.05) is 20.3 Å². The Hall–Kier alpha value is -1.13. The lowest BCUT2D eigenvalue weighted by Gasteiger charge is -2.12. The van der Waals surface area contributed by atoms with E-state index in [-0.39, 0.29) is 12.0 Å². The Morgan fingerprint density at radius 2 is 2.31 bits per heavy atom. The minimum atomic E-state index is 0.152. The number of pyridine rings is 1. The van der Waals surface area contributed by atoms with Gasteiger partial charge in [-0.05, 0) is 18.9 Å². The molecular formula is C12H18N2O2. The van der Waals surface area contributed by atoms with Crippen LogP contribution >= 0.6 is 0 Å². The summed E-state index contributed by atoms with van der Waals surface area (Å²) in [5.41, 5.74) is 1.12. The lowest BCUT2D eigenvalue weighted by molar-refractivity contribution is 0.207. The molecule has 0 aliphatic heterocycles. The van der Waals surface area contributed by atoms with Crippen molar-refractivity contribution >= 4 is 0 Å². The van der Waals surface area contributed by atoms with Gasteiger partial charge in [0.05, 0.1) is 12.8 Å². The standard InChI is InChI=1S/C12H18N2O2/c1-16-11-4-2-3-10(14-11)7-13-8-12(9-15)5-6-12/h2-4,13,15H,5-9H2,1H3. The fraction of sp³-hybridized carbons (Fsp3) is 0.583. The van der Waals surface area contributed by atoms with Crippen molar-refractivity contribution < 1.29 is 9.84 Å². The smallest absolute Gasteiger partial charge is 0.213 e. The van der Waals surface area contributed by atoms with Gasteiger partial charge in [0.2, 0.25) is 5.88 Å². The zero-order chi connectivity index (χ0) is 11.4. The first-order valence-electron chi connectivity index (χ1n) is 5.59. The van der Waals surface area contributed by atoms with Crippen molar-refractivity contribution in [1.29, 1.82) is 0 Å². The van der Waals surface area contributed by atoms with E-state index in [9.17, 15) is 0 Å². The predicted octanol–water partition coefficient (Wildman–Crippen LogP) is 0.952. The molecule has 1 fully saturated rings. The van der Waals surface area contributed by atoms with Crippen LogP contribution in [0, 0.1) is 5.41 Å². The highest BCUT2D eigenvalue weighted by atomic mass is 16.5. The largest absolute Gasteiger partial charge is 0.481 e. The molecule has 16 heavy (non-hydrogen) atoms. The molecule has 0 amide bonds. The summed E-state index contributed by atoms with van der Waals surface area (Å²) >= 11 is 0. The van der Waals surface area contributed by atoms with Gasteiger partial charge < -0.3 is 15.2 Å². The van der Waals surface area contributed by atoms with Crippen molar-refractivity contribution in [3.8, 4) is 5.88 Å². The van der Waals surface area contributed by atoms with E-state index < -0.39 is 0 Å². The number of nitrogens with one attached hydrogen (secondary N) is 1. The van der Waals surface area contributed by atoms with Crippen LogP contribution < -0.4 is 10.1 Å². The molecule has 1 aliphatic rings. The Labute approximate surface area is 95.7 Å². The summed E-state index contributed by atoms with van der Waals surface area (Å²) in [5.74, 6) is 0.641. The minimum Gasteiger partial charge on any atom is -0.481 e. The maximum Gasteiger partial charge on any atom is 0.213 e. The maximum atomic E-state index is 9.16. The van der Waals surface area contributed by atoms with Gasteiger partial charge >= 0.3 is 0 Å². The SMILES string of the molecule is COc1cccc(CNCC2(CO)CC2)n1. The molecule has 0 aromatic carbocycles. The van der Waals surface area contributed by atoms with E-state index in [4.69, 9.17) is 9.84 Å². The first-order chi connectivity index (χ1) is 7.78. The van der Waals surface area contributed by atoms with E-state index in [1.807, 2.05) is 18.2 Å². The van der Waals surface area contributed by atoms with E-state index >= 15 is 0 Å². The second-order valence-corrected chi connectivity index (χ2v) is 4.43. The quantitative estimate of drug-likeness (QED) is 0.752. The molecule has 2 rings (SSSR count). The fourth-order valence-electron chi connectivity index (χ4n) is 1.69. The molecule has 88 valence electrons. The molecule has 0 unspecified atom stereocenters. The Morgan fingerprint density at radius 1 is 1.50 bits per heavy atom. The van der Waals surface area contributed by atoms with Crippen molar-refractivity contribution in [2.45, 2.75) is 19.4 Å². The number of hydrogen-bond donors (Lipinski definition) is 2. The third-order valence-electron chi connectivity index (χ3n) is 3.09. The molecule has 0 saturated heterocycles. The summed E-state index contributed by atoms with van der Waals surface area (Å²) in [6.07, 6.45) is 2.25. The molecule has 0 radical (unpaired) electrons. The van der Waals surface area contributed by atoms with Crippen molar-refractivity contribution in [1.82, 2.24) is 10.3 Å². The van der Waals surface area contributed by atoms with Crippen LogP contribution in [-0.4, -0.2) is 30.4 Å². The van der Waals surface area contributed by atoms with Crippen LogP contribution in [0.5, 0.6) is 5.88 Å². The third-order valence-corrected chi connectivity index (χ3v) is 3.09. The van der Waals surface area contributed by atoms with Crippen molar-refractivity contribution in [2.24, 2.45) is 5.41 Å². The second-order valence-electron chi connectivity index (χ2n) is 4.43. The van der Waals surface area contributed by atoms with E-state index in [0.29, 0.717) is 5.88 Å². The monoisotopic (exact) mass is 222 g/mol. The average molecular weight is 222 g/mol. The van der Waals surface area contributed by atoms with Crippen LogP contribution in [0.4, 0.5) is 0 Å². The number of aromatic nitrogens is 1. The van der Waals surface area contributed by atoms with Crippen LogP contribution in [0.25, 0.3) is 0 Å². The number of methoxy groups -OCH3 is 1. The molecule has 1 aliphatic carbocycles. The Balaban J connectivity index is 1.80. The molecule has 4 nitrogen and oxygen atoms in total. The van der Waals surface area contributed by atoms with Gasteiger partial charge in [-0.15, -0.1) is 0 Å². The summed E-state index contributed by atoms with van der Waals surface area (Å²) in [7, 11) is 1.62. The highest BCUT2D eigenvalue weighted by Crippen LogP contribution is 2.44. The zero-order valence-corrected chi connectivity index (χ0v) is 9.57. The maximum absolute atomic E-state index is 9.16. The fourth-order valence-corrected chi connectivity index (χ4v) is 1.69. The Kier molecular flexibility index (Phi) is 3.41. The summed E-state index contributed by atoms with van der Waals surface area (Å²) < 4.78 is 5.06. The number of nitrogens with zero attached hydrogens (tertiary/aromatic N) is 1. The molecule has 2 N–H and O–H groups in total. The van der Waals surface area contributed by atoms with Gasteiger partial charge in [0.15, 0.2) is 0 Å². The molecule has 0 spiro atoms. The van der Waals surface area contributed by atoms with Gasteiger partial charge in [0.25, 0.3) is 0 Å². The summed E-state index contributed by atoms with van der Waals surface area (Å²) in [5, 5.41) is 12.5. The van der Waals surface area contributed by atoms with Crippen LogP contribution in [0.1, 0.15) is 18.5 Å². The van der Waals surface area contributed by atoms with E-state index in [2.05, 4.69) is 10.3 Å². The number of aliphatic hydroxyl groups is 1. The normalized spacial score (nSPS) is 17.1. The molecule has 0 atom stereocenters. The molecule has 0 bridgehead atoms. The van der Waals surface area contributed by atoms with Crippen molar-refractivity contribution in [3.05, 3.63) is 23.9 Å². The van der Waals surface area contributed by atoms with Crippen LogP contribution in [-0.2, 0) is 6.54 Å². The van der Waals surface area contributed by atoms with Gasteiger partial charge in [0, 0.05) is 31.2 Å². The van der Waals surface area contributed by atoms with Gasteiger partial charge in [-0.1, -0.05) is 6.07 Å². The summed E-state index contributed by atoms with van der Waals surface area (Å²) in [4.78, 5) is 4.31. The van der Waals surface area contributed by atoms with Gasteiger partial charge in [-0.25, -0.2) is 4.98 Å². The summed E-state index contributed by atoms with van der Waals surface area (Å²) in [6, 6.07) is 5.73. The first kappa shape index (κ1) is 11.4. The van der Waals surface area contributed by atoms with Gasteiger partial charge in [-0.2, -0.15) is 0 Å². The lowest BCUT2D eigenvalue weighted by atomic mass is 10.1. The van der Waals surface area contributed by atoms with Crippen LogP contribution in [0.15, 0.2) is 18.2 Å². The minimum absolute atomic E-state index is 0.152. The number of hydrogen-bond acceptors (Lipinski definition) is 4. The van der Waals surface area contributed by atoms with E-state index in [1.54, 1.807) is 7.11 Å². The number of rotatable bonds is 6.